The van der Waals surface area contributed by atoms with E-state index in [1.807, 2.05) is 0 Å². The number of carbonyl (C=O) groups excluding carboxylic acids is 2. The van der Waals surface area contributed by atoms with E-state index in [9.17, 15) is 19.7 Å². The smallest absolute Gasteiger partial charge is 0.331 e. The highest BCUT2D eigenvalue weighted by atomic mass is 16.6. The molecule has 0 spiro atoms. The first-order chi connectivity index (χ1) is 13.8. The molecule has 29 heavy (non-hydrogen) atoms. The fourth-order valence-electron chi connectivity index (χ4n) is 2.41. The van der Waals surface area contributed by atoms with Gasteiger partial charge in [0.15, 0.2) is 17.6 Å². The Morgan fingerprint density at radius 2 is 1.86 bits per heavy atom. The lowest BCUT2D eigenvalue weighted by atomic mass is 10.1. The molecule has 9 heteroatoms. The third-order valence-electron chi connectivity index (χ3n) is 3.82. The minimum atomic E-state index is -1.11. The number of hydrogen-bond donors (Lipinski definition) is 1. The molecule has 2 aromatic carbocycles. The molecule has 0 saturated carbocycles. The molecule has 0 saturated heterocycles. The Kier molecular flexibility index (Phi) is 7.30. The van der Waals surface area contributed by atoms with E-state index < -0.39 is 22.9 Å². The van der Waals surface area contributed by atoms with Gasteiger partial charge in [0.05, 0.1) is 19.1 Å². The molecule has 0 aliphatic heterocycles. The molecule has 9 nitrogen and oxygen atoms in total. The van der Waals surface area contributed by atoms with Crippen molar-refractivity contribution in [1.82, 2.24) is 0 Å². The van der Waals surface area contributed by atoms with Crippen molar-refractivity contribution in [3.63, 3.8) is 0 Å². The molecule has 1 atom stereocenters. The molecule has 0 heterocycles. The molecule has 0 bridgehead atoms. The van der Waals surface area contributed by atoms with Crippen LogP contribution >= 0.6 is 0 Å². The largest absolute Gasteiger partial charge is 0.493 e. The molecule has 1 N–H and O–H groups in total. The Morgan fingerprint density at radius 3 is 2.52 bits per heavy atom. The van der Waals surface area contributed by atoms with Crippen LogP contribution in [0.1, 0.15) is 12.5 Å². The molecular formula is C20H20N2O7. The van der Waals surface area contributed by atoms with Crippen LogP contribution in [0.4, 0.5) is 11.4 Å². The number of hydrogen-bond acceptors (Lipinski definition) is 7. The topological polar surface area (TPSA) is 117 Å². The molecule has 2 rings (SSSR count). The molecule has 0 aliphatic carbocycles. The summed E-state index contributed by atoms with van der Waals surface area (Å²) in [5.41, 5.74) is 0.656. The van der Waals surface area contributed by atoms with E-state index in [1.165, 1.54) is 51.5 Å². The summed E-state index contributed by atoms with van der Waals surface area (Å²) in [7, 11) is 2.98. The van der Waals surface area contributed by atoms with Gasteiger partial charge in [0.1, 0.15) is 0 Å². The number of non-ortho nitro benzene ring substituents is 1. The molecule has 0 aliphatic rings. The second-order valence-corrected chi connectivity index (χ2v) is 5.79. The lowest BCUT2D eigenvalue weighted by Gasteiger charge is -2.12. The lowest BCUT2D eigenvalue weighted by molar-refractivity contribution is -0.384. The van der Waals surface area contributed by atoms with E-state index in [0.717, 1.165) is 6.08 Å². The number of carbonyl (C=O) groups is 2. The van der Waals surface area contributed by atoms with Gasteiger partial charge in [0, 0.05) is 29.5 Å². The van der Waals surface area contributed by atoms with E-state index in [1.54, 1.807) is 18.2 Å². The van der Waals surface area contributed by atoms with Gasteiger partial charge in [-0.1, -0.05) is 18.2 Å². The third kappa shape index (κ3) is 5.80. The molecule has 0 unspecified atom stereocenters. The van der Waals surface area contributed by atoms with E-state index in [0.29, 0.717) is 17.1 Å². The highest BCUT2D eigenvalue weighted by Gasteiger charge is 2.18. The second-order valence-electron chi connectivity index (χ2n) is 5.79. The first-order valence-corrected chi connectivity index (χ1v) is 8.50. The summed E-state index contributed by atoms with van der Waals surface area (Å²) >= 11 is 0. The van der Waals surface area contributed by atoms with Gasteiger partial charge in [-0.05, 0) is 25.1 Å². The standard InChI is InChI=1S/C20H20N2O7/c1-13(20(24)21-15-7-5-8-16(12-15)22(25)26)29-18(23)11-10-14-6-4-9-17(27-2)19(14)28-3/h4-13H,1-3H3,(H,21,24)/b11-10+/t13-/m0/s1. The van der Waals surface area contributed by atoms with Gasteiger partial charge in [0.25, 0.3) is 11.6 Å². The van der Waals surface area contributed by atoms with Crippen LogP contribution in [0.5, 0.6) is 11.5 Å². The van der Waals surface area contributed by atoms with Crippen LogP contribution in [-0.2, 0) is 14.3 Å². The summed E-state index contributed by atoms with van der Waals surface area (Å²) in [4.78, 5) is 34.4. The first-order valence-electron chi connectivity index (χ1n) is 8.50. The Balaban J connectivity index is 2.00. The number of anilines is 1. The average molecular weight is 400 g/mol. The average Bonchev–Trinajstić information content (AvgIpc) is 2.71. The minimum absolute atomic E-state index is 0.164. The SMILES string of the molecule is COc1cccc(/C=C/C(=O)O[C@@H](C)C(=O)Nc2cccc([N+](=O)[O-])c2)c1OC. The van der Waals surface area contributed by atoms with Gasteiger partial charge in [-0.15, -0.1) is 0 Å². The normalized spacial score (nSPS) is 11.6. The van der Waals surface area contributed by atoms with E-state index >= 15 is 0 Å². The zero-order valence-electron chi connectivity index (χ0n) is 16.1. The molecular weight excluding hydrogens is 380 g/mol. The third-order valence-corrected chi connectivity index (χ3v) is 3.82. The summed E-state index contributed by atoms with van der Waals surface area (Å²) in [6.45, 7) is 1.39. The molecule has 152 valence electrons. The molecule has 0 aromatic heterocycles. The van der Waals surface area contributed by atoms with Gasteiger partial charge in [0.2, 0.25) is 0 Å². The highest BCUT2D eigenvalue weighted by Crippen LogP contribution is 2.31. The van der Waals surface area contributed by atoms with Crippen molar-refractivity contribution < 1.29 is 28.7 Å². The van der Waals surface area contributed by atoms with Crippen LogP contribution in [0.2, 0.25) is 0 Å². The number of nitro benzene ring substituents is 1. The van der Waals surface area contributed by atoms with Crippen LogP contribution in [0.3, 0.4) is 0 Å². The van der Waals surface area contributed by atoms with Gasteiger partial charge < -0.3 is 19.5 Å². The van der Waals surface area contributed by atoms with Gasteiger partial charge in [-0.3, -0.25) is 14.9 Å². The number of methoxy groups -OCH3 is 2. The van der Waals surface area contributed by atoms with E-state index in [4.69, 9.17) is 14.2 Å². The van der Waals surface area contributed by atoms with Crippen LogP contribution in [-0.4, -0.2) is 37.1 Å². The Morgan fingerprint density at radius 1 is 1.14 bits per heavy atom. The number of amides is 1. The zero-order chi connectivity index (χ0) is 21.4. The molecule has 1 amide bonds. The van der Waals surface area contributed by atoms with E-state index in [-0.39, 0.29) is 11.4 Å². The van der Waals surface area contributed by atoms with Gasteiger partial charge in [-0.2, -0.15) is 0 Å². The van der Waals surface area contributed by atoms with Crippen molar-refractivity contribution >= 4 is 29.3 Å². The molecule has 2 aromatic rings. The van der Waals surface area contributed by atoms with Crippen LogP contribution in [0, 0.1) is 10.1 Å². The number of nitro groups is 1. The van der Waals surface area contributed by atoms with Crippen molar-refractivity contribution in [1.29, 1.82) is 0 Å². The summed E-state index contributed by atoms with van der Waals surface area (Å²) in [6, 6.07) is 10.6. The van der Waals surface area contributed by atoms with Crippen molar-refractivity contribution in [3.05, 3.63) is 64.2 Å². The van der Waals surface area contributed by atoms with Gasteiger partial charge >= 0.3 is 5.97 Å². The predicted octanol–water partition coefficient (Wildman–Crippen LogP) is 3.20. The van der Waals surface area contributed by atoms with Crippen LogP contribution in [0.15, 0.2) is 48.5 Å². The van der Waals surface area contributed by atoms with Crippen molar-refractivity contribution in [2.45, 2.75) is 13.0 Å². The monoisotopic (exact) mass is 400 g/mol. The number of rotatable bonds is 8. The summed E-state index contributed by atoms with van der Waals surface area (Å²) in [6.07, 6.45) is 1.53. The minimum Gasteiger partial charge on any atom is -0.493 e. The van der Waals surface area contributed by atoms with Crippen molar-refractivity contribution in [3.8, 4) is 11.5 Å². The summed E-state index contributed by atoms with van der Waals surface area (Å²) < 4.78 is 15.5. The maximum Gasteiger partial charge on any atom is 0.331 e. The number of esters is 1. The second kappa shape index (κ2) is 9.88. The van der Waals surface area contributed by atoms with Crippen molar-refractivity contribution in [2.75, 3.05) is 19.5 Å². The first kappa shape index (κ1) is 21.4. The fraction of sp³-hybridized carbons (Fsp3) is 0.200. The number of benzene rings is 2. The molecule has 0 fully saturated rings. The Labute approximate surface area is 167 Å². The summed E-state index contributed by atoms with van der Waals surface area (Å²) in [5.74, 6) is -0.397. The molecule has 0 radical (unpaired) electrons. The number of ether oxygens (including phenoxy) is 3. The lowest BCUT2D eigenvalue weighted by Crippen LogP contribution is -2.29. The fourth-order valence-corrected chi connectivity index (χ4v) is 2.41. The highest BCUT2D eigenvalue weighted by molar-refractivity contribution is 5.97. The van der Waals surface area contributed by atoms with Crippen LogP contribution in [0.25, 0.3) is 6.08 Å². The Hall–Kier alpha value is -3.88. The predicted molar refractivity (Wildman–Crippen MR) is 106 cm³/mol. The van der Waals surface area contributed by atoms with E-state index in [2.05, 4.69) is 5.32 Å². The zero-order valence-corrected chi connectivity index (χ0v) is 16.1. The maximum absolute atomic E-state index is 12.2. The Bertz CT molecular complexity index is 940. The number of nitrogens with one attached hydrogen (secondary N) is 1. The summed E-state index contributed by atoms with van der Waals surface area (Å²) in [5, 5.41) is 13.3. The number of para-hydroxylation sites is 1. The van der Waals surface area contributed by atoms with Crippen LogP contribution < -0.4 is 14.8 Å². The van der Waals surface area contributed by atoms with Gasteiger partial charge in [-0.25, -0.2) is 4.79 Å². The quantitative estimate of drug-likeness (QED) is 0.313. The number of nitrogens with zero attached hydrogens (tertiary/aromatic N) is 1. The maximum atomic E-state index is 12.2. The van der Waals surface area contributed by atoms with Crippen molar-refractivity contribution in [2.24, 2.45) is 0 Å².